The lowest BCUT2D eigenvalue weighted by atomic mass is 9.76. The van der Waals surface area contributed by atoms with E-state index < -0.39 is 11.0 Å². The Balaban J connectivity index is 1.59. The number of carbonyl (C=O) groups is 2. The molecule has 0 aliphatic carbocycles. The van der Waals surface area contributed by atoms with E-state index in [1.54, 1.807) is 12.0 Å². The molecule has 1 spiro atoms. The molecule has 2 amide bonds. The fraction of sp³-hybridized carbons (Fsp3) is 0.481. The summed E-state index contributed by atoms with van der Waals surface area (Å²) in [5.41, 5.74) is 4.00. The highest BCUT2D eigenvalue weighted by molar-refractivity contribution is 6.00. The van der Waals surface area contributed by atoms with E-state index in [2.05, 4.69) is 43.4 Å². The van der Waals surface area contributed by atoms with Crippen molar-refractivity contribution >= 4 is 17.7 Å². The molecule has 0 saturated carbocycles. The van der Waals surface area contributed by atoms with Gasteiger partial charge in [0.25, 0.3) is 0 Å². The molecule has 2 aromatic carbocycles. The molecule has 1 unspecified atom stereocenters. The van der Waals surface area contributed by atoms with Crippen LogP contribution in [0.2, 0.25) is 0 Å². The third-order valence-corrected chi connectivity index (χ3v) is 6.58. The van der Waals surface area contributed by atoms with Gasteiger partial charge in [0, 0.05) is 24.3 Å². The topological polar surface area (TPSA) is 67.9 Å². The van der Waals surface area contributed by atoms with Crippen LogP contribution in [0.5, 0.6) is 5.75 Å². The first kappa shape index (κ1) is 23.1. The fourth-order valence-electron chi connectivity index (χ4n) is 4.71. The van der Waals surface area contributed by atoms with Crippen LogP contribution in [0.3, 0.4) is 0 Å². The Labute approximate surface area is 196 Å². The van der Waals surface area contributed by atoms with Crippen molar-refractivity contribution in [3.8, 4) is 16.9 Å². The number of likely N-dealkylation sites (tertiary alicyclic amines) is 1. The maximum atomic E-state index is 13.2. The van der Waals surface area contributed by atoms with E-state index in [-0.39, 0.29) is 12.0 Å². The Morgan fingerprint density at radius 2 is 1.91 bits per heavy atom. The minimum Gasteiger partial charge on any atom is -0.496 e. The van der Waals surface area contributed by atoms with Crippen molar-refractivity contribution in [2.45, 2.75) is 59.0 Å². The van der Waals surface area contributed by atoms with E-state index in [0.717, 1.165) is 28.1 Å². The van der Waals surface area contributed by atoms with Gasteiger partial charge in [0.05, 0.1) is 12.5 Å². The van der Waals surface area contributed by atoms with Crippen molar-refractivity contribution in [1.29, 1.82) is 0 Å². The van der Waals surface area contributed by atoms with E-state index >= 15 is 0 Å². The SMILES string of the molecule is COc1ccc(C(C)C)cc1-c1ccc2c(c1)NC(=O)C1(CCN(C(=O)OC(C)(C)C)C1)C2. The van der Waals surface area contributed by atoms with Crippen molar-refractivity contribution < 1.29 is 19.1 Å². The van der Waals surface area contributed by atoms with Gasteiger partial charge in [-0.1, -0.05) is 32.0 Å². The molecule has 1 N–H and O–H groups in total. The lowest BCUT2D eigenvalue weighted by Gasteiger charge is -2.34. The number of nitrogens with zero attached hydrogens (tertiary/aromatic N) is 1. The van der Waals surface area contributed by atoms with Gasteiger partial charge in [-0.2, -0.15) is 0 Å². The summed E-state index contributed by atoms with van der Waals surface area (Å²) in [7, 11) is 1.67. The Morgan fingerprint density at radius 3 is 2.58 bits per heavy atom. The predicted octanol–water partition coefficient (Wildman–Crippen LogP) is 5.61. The van der Waals surface area contributed by atoms with Crippen molar-refractivity contribution in [3.05, 3.63) is 47.5 Å². The van der Waals surface area contributed by atoms with Crippen LogP contribution < -0.4 is 10.1 Å². The summed E-state index contributed by atoms with van der Waals surface area (Å²) in [4.78, 5) is 27.4. The lowest BCUT2D eigenvalue weighted by Crippen LogP contribution is -2.45. The number of carbonyl (C=O) groups excluding carboxylic acids is 2. The van der Waals surface area contributed by atoms with Gasteiger partial charge < -0.3 is 19.7 Å². The number of nitrogens with one attached hydrogen (secondary N) is 1. The van der Waals surface area contributed by atoms with Crippen LogP contribution >= 0.6 is 0 Å². The van der Waals surface area contributed by atoms with E-state index in [9.17, 15) is 9.59 Å². The van der Waals surface area contributed by atoms with E-state index in [0.29, 0.717) is 31.8 Å². The van der Waals surface area contributed by atoms with Crippen LogP contribution in [0.15, 0.2) is 36.4 Å². The number of fused-ring (bicyclic) bond motifs is 1. The zero-order chi connectivity index (χ0) is 24.0. The number of amides is 2. The number of hydrogen-bond donors (Lipinski definition) is 1. The van der Waals surface area contributed by atoms with Crippen LogP contribution in [0.25, 0.3) is 11.1 Å². The lowest BCUT2D eigenvalue weighted by molar-refractivity contribution is -0.125. The number of anilines is 1. The first-order chi connectivity index (χ1) is 15.5. The van der Waals surface area contributed by atoms with Crippen LogP contribution in [-0.2, 0) is 16.0 Å². The predicted molar refractivity (Wildman–Crippen MR) is 130 cm³/mol. The maximum absolute atomic E-state index is 13.2. The molecule has 1 fully saturated rings. The second-order valence-electron chi connectivity index (χ2n) is 10.5. The Morgan fingerprint density at radius 1 is 1.15 bits per heavy atom. The summed E-state index contributed by atoms with van der Waals surface area (Å²) >= 11 is 0. The monoisotopic (exact) mass is 450 g/mol. The number of benzene rings is 2. The average Bonchev–Trinajstić information content (AvgIpc) is 3.18. The zero-order valence-corrected chi connectivity index (χ0v) is 20.5. The first-order valence-electron chi connectivity index (χ1n) is 11.6. The standard InChI is InChI=1S/C27H34N2O4/c1-17(2)18-9-10-23(32-6)21(13-18)19-7-8-20-15-27(24(30)28-22(20)14-19)11-12-29(16-27)25(31)33-26(3,4)5/h7-10,13-14,17H,11-12,15-16H2,1-6H3,(H,28,30). The highest BCUT2D eigenvalue weighted by Gasteiger charge is 2.49. The minimum absolute atomic E-state index is 0.0268. The quantitative estimate of drug-likeness (QED) is 0.660. The summed E-state index contributed by atoms with van der Waals surface area (Å²) in [6, 6.07) is 12.5. The first-order valence-corrected chi connectivity index (χ1v) is 11.6. The smallest absolute Gasteiger partial charge is 0.410 e. The third-order valence-electron chi connectivity index (χ3n) is 6.58. The van der Waals surface area contributed by atoms with Crippen LogP contribution in [0, 0.1) is 5.41 Å². The van der Waals surface area contributed by atoms with E-state index in [1.165, 1.54) is 5.56 Å². The number of ether oxygens (including phenoxy) is 2. The zero-order valence-electron chi connectivity index (χ0n) is 20.5. The molecule has 2 aromatic rings. The molecule has 2 aliphatic heterocycles. The van der Waals surface area contributed by atoms with Gasteiger partial charge in [0.1, 0.15) is 11.4 Å². The van der Waals surface area contributed by atoms with Gasteiger partial charge in [-0.15, -0.1) is 0 Å². The van der Waals surface area contributed by atoms with Crippen LogP contribution in [0.1, 0.15) is 58.1 Å². The fourth-order valence-corrected chi connectivity index (χ4v) is 4.71. The van der Waals surface area contributed by atoms with Crippen LogP contribution in [-0.4, -0.2) is 42.7 Å². The molecule has 6 nitrogen and oxygen atoms in total. The normalized spacial score (nSPS) is 20.1. The molecule has 1 saturated heterocycles. The molecule has 1 atom stereocenters. The second-order valence-corrected chi connectivity index (χ2v) is 10.5. The van der Waals surface area contributed by atoms with E-state index in [1.807, 2.05) is 32.9 Å². The number of rotatable bonds is 3. The van der Waals surface area contributed by atoms with Gasteiger partial charge >= 0.3 is 6.09 Å². The Hall–Kier alpha value is -3.02. The van der Waals surface area contributed by atoms with Gasteiger partial charge in [0.15, 0.2) is 0 Å². The molecule has 6 heteroatoms. The molecule has 0 aromatic heterocycles. The van der Waals surface area contributed by atoms with Crippen molar-refractivity contribution in [1.82, 2.24) is 4.90 Å². The second kappa shape index (κ2) is 8.40. The molecule has 0 radical (unpaired) electrons. The maximum Gasteiger partial charge on any atom is 0.410 e. The van der Waals surface area contributed by atoms with Gasteiger partial charge in [-0.25, -0.2) is 4.79 Å². The molecule has 4 rings (SSSR count). The molecular weight excluding hydrogens is 416 g/mol. The van der Waals surface area contributed by atoms with Gasteiger partial charge in [-0.3, -0.25) is 4.79 Å². The van der Waals surface area contributed by atoms with Crippen molar-refractivity contribution in [2.24, 2.45) is 5.41 Å². The van der Waals surface area contributed by atoms with Crippen molar-refractivity contribution in [3.63, 3.8) is 0 Å². The highest BCUT2D eigenvalue weighted by atomic mass is 16.6. The number of methoxy groups -OCH3 is 1. The molecule has 176 valence electrons. The summed E-state index contributed by atoms with van der Waals surface area (Å²) in [6.45, 7) is 10.8. The molecule has 2 aliphatic rings. The summed E-state index contributed by atoms with van der Waals surface area (Å²) in [5, 5.41) is 3.13. The summed E-state index contributed by atoms with van der Waals surface area (Å²) in [5.74, 6) is 1.19. The van der Waals surface area contributed by atoms with Crippen LogP contribution in [0.4, 0.5) is 10.5 Å². The summed E-state index contributed by atoms with van der Waals surface area (Å²) in [6.07, 6.45) is 0.880. The Kier molecular flexibility index (Phi) is 5.89. The molecular formula is C27H34N2O4. The summed E-state index contributed by atoms with van der Waals surface area (Å²) < 4.78 is 11.1. The number of hydrogen-bond acceptors (Lipinski definition) is 4. The largest absolute Gasteiger partial charge is 0.496 e. The van der Waals surface area contributed by atoms with Gasteiger partial charge in [0.2, 0.25) is 5.91 Å². The molecule has 2 heterocycles. The highest BCUT2D eigenvalue weighted by Crippen LogP contribution is 2.43. The molecule has 33 heavy (non-hydrogen) atoms. The van der Waals surface area contributed by atoms with Crippen molar-refractivity contribution in [2.75, 3.05) is 25.5 Å². The Bertz CT molecular complexity index is 1090. The third kappa shape index (κ3) is 4.56. The molecule has 0 bridgehead atoms. The minimum atomic E-state index is -0.610. The average molecular weight is 451 g/mol. The van der Waals surface area contributed by atoms with Gasteiger partial charge in [-0.05, 0) is 74.4 Å². The van der Waals surface area contributed by atoms with E-state index in [4.69, 9.17) is 9.47 Å².